The SMILES string of the molecule is O=C1N(c2ccccc2)c2nc(-c3ccccc3)nc(N3CCCC3)c2C2CCCN12. The molecule has 0 radical (unpaired) electrons. The predicted octanol–water partition coefficient (Wildman–Crippen LogP) is 5.15. The van der Waals surface area contributed by atoms with Crippen molar-refractivity contribution < 1.29 is 4.79 Å². The van der Waals surface area contributed by atoms with Crippen LogP contribution in [-0.2, 0) is 0 Å². The Balaban J connectivity index is 1.62. The second-order valence-corrected chi connectivity index (χ2v) is 8.47. The quantitative estimate of drug-likeness (QED) is 0.598. The van der Waals surface area contributed by atoms with E-state index in [4.69, 9.17) is 9.97 Å². The first-order valence-electron chi connectivity index (χ1n) is 11.2. The lowest BCUT2D eigenvalue weighted by molar-refractivity contribution is 0.198. The van der Waals surface area contributed by atoms with E-state index >= 15 is 0 Å². The van der Waals surface area contributed by atoms with Crippen LogP contribution in [0, 0.1) is 0 Å². The lowest BCUT2D eigenvalue weighted by Crippen LogP contribution is -2.46. The average Bonchev–Trinajstić information content (AvgIpc) is 3.52. The Kier molecular flexibility index (Phi) is 4.37. The van der Waals surface area contributed by atoms with Crippen LogP contribution < -0.4 is 9.80 Å². The summed E-state index contributed by atoms with van der Waals surface area (Å²) in [5.41, 5.74) is 2.94. The van der Waals surface area contributed by atoms with Crippen LogP contribution in [-0.4, -0.2) is 40.5 Å². The third kappa shape index (κ3) is 2.97. The van der Waals surface area contributed by atoms with E-state index in [1.54, 1.807) is 4.90 Å². The van der Waals surface area contributed by atoms with E-state index in [2.05, 4.69) is 4.90 Å². The fourth-order valence-electron chi connectivity index (χ4n) is 5.13. The lowest BCUT2D eigenvalue weighted by Gasteiger charge is -2.40. The number of aromatic nitrogens is 2. The molecule has 1 atom stereocenters. The van der Waals surface area contributed by atoms with Crippen LogP contribution in [0.2, 0.25) is 0 Å². The van der Waals surface area contributed by atoms with Crippen LogP contribution >= 0.6 is 0 Å². The van der Waals surface area contributed by atoms with Gasteiger partial charge in [-0.3, -0.25) is 0 Å². The number of benzene rings is 2. The molecule has 156 valence electrons. The summed E-state index contributed by atoms with van der Waals surface area (Å²) in [6.45, 7) is 2.79. The molecule has 3 aromatic rings. The van der Waals surface area contributed by atoms with Crippen LogP contribution in [0.3, 0.4) is 0 Å². The van der Waals surface area contributed by atoms with E-state index in [1.807, 2.05) is 65.6 Å². The van der Waals surface area contributed by atoms with Gasteiger partial charge >= 0.3 is 6.03 Å². The molecule has 4 heterocycles. The minimum Gasteiger partial charge on any atom is -0.356 e. The van der Waals surface area contributed by atoms with Gasteiger partial charge in [0.2, 0.25) is 0 Å². The highest BCUT2D eigenvalue weighted by Crippen LogP contribution is 2.48. The molecule has 6 rings (SSSR count). The molecule has 2 saturated heterocycles. The summed E-state index contributed by atoms with van der Waals surface area (Å²) in [4.78, 5) is 30.0. The number of amides is 2. The van der Waals surface area contributed by atoms with Gasteiger partial charge < -0.3 is 9.80 Å². The Morgan fingerprint density at radius 1 is 0.774 bits per heavy atom. The van der Waals surface area contributed by atoms with E-state index in [9.17, 15) is 4.79 Å². The highest BCUT2D eigenvalue weighted by molar-refractivity contribution is 6.02. The van der Waals surface area contributed by atoms with E-state index in [1.165, 1.54) is 12.8 Å². The fourth-order valence-corrected chi connectivity index (χ4v) is 5.13. The van der Waals surface area contributed by atoms with E-state index in [0.717, 1.165) is 60.9 Å². The van der Waals surface area contributed by atoms with E-state index in [-0.39, 0.29) is 12.1 Å². The van der Waals surface area contributed by atoms with Crippen LogP contribution in [0.15, 0.2) is 60.7 Å². The molecular weight excluding hydrogens is 386 g/mol. The van der Waals surface area contributed by atoms with Crippen molar-refractivity contribution in [1.82, 2.24) is 14.9 Å². The number of rotatable bonds is 3. The minimum atomic E-state index is 0.0197. The van der Waals surface area contributed by atoms with Crippen molar-refractivity contribution in [3.05, 3.63) is 66.2 Å². The molecular formula is C25H25N5O. The molecule has 0 aliphatic carbocycles. The number of carbonyl (C=O) groups is 1. The zero-order valence-electron chi connectivity index (χ0n) is 17.4. The number of para-hydroxylation sites is 1. The molecule has 6 heteroatoms. The molecule has 6 nitrogen and oxygen atoms in total. The summed E-state index contributed by atoms with van der Waals surface area (Å²) in [5, 5.41) is 0. The summed E-state index contributed by atoms with van der Waals surface area (Å²) in [7, 11) is 0. The summed E-state index contributed by atoms with van der Waals surface area (Å²) >= 11 is 0. The Morgan fingerprint density at radius 2 is 1.45 bits per heavy atom. The van der Waals surface area contributed by atoms with Gasteiger partial charge in [-0.1, -0.05) is 48.5 Å². The molecule has 0 spiro atoms. The van der Waals surface area contributed by atoms with Gasteiger partial charge in [0.05, 0.1) is 17.3 Å². The summed E-state index contributed by atoms with van der Waals surface area (Å²) in [6.07, 6.45) is 4.33. The Hall–Kier alpha value is -3.41. The smallest absolute Gasteiger partial charge is 0.330 e. The maximum absolute atomic E-state index is 13.6. The van der Waals surface area contributed by atoms with Gasteiger partial charge in [-0.05, 0) is 37.8 Å². The van der Waals surface area contributed by atoms with Crippen molar-refractivity contribution in [2.24, 2.45) is 0 Å². The van der Waals surface area contributed by atoms with Crippen LogP contribution in [0.4, 0.5) is 22.1 Å². The first-order valence-corrected chi connectivity index (χ1v) is 11.2. The maximum atomic E-state index is 13.6. The molecule has 2 amide bonds. The highest BCUT2D eigenvalue weighted by Gasteiger charge is 2.45. The van der Waals surface area contributed by atoms with Gasteiger partial charge in [0.15, 0.2) is 11.6 Å². The Labute approximate surface area is 182 Å². The first kappa shape index (κ1) is 18.4. The summed E-state index contributed by atoms with van der Waals surface area (Å²) < 4.78 is 0. The van der Waals surface area contributed by atoms with Crippen molar-refractivity contribution in [2.75, 3.05) is 29.4 Å². The molecule has 1 aromatic heterocycles. The van der Waals surface area contributed by atoms with Gasteiger partial charge in [0.25, 0.3) is 0 Å². The molecule has 3 aliphatic rings. The summed E-state index contributed by atoms with van der Waals surface area (Å²) in [5.74, 6) is 2.43. The molecule has 0 bridgehead atoms. The van der Waals surface area contributed by atoms with Crippen LogP contribution in [0.25, 0.3) is 11.4 Å². The molecule has 3 aliphatic heterocycles. The molecule has 0 N–H and O–H groups in total. The average molecular weight is 412 g/mol. The highest BCUT2D eigenvalue weighted by atomic mass is 16.2. The number of anilines is 3. The van der Waals surface area contributed by atoms with Crippen molar-refractivity contribution in [1.29, 1.82) is 0 Å². The first-order chi connectivity index (χ1) is 15.3. The fraction of sp³-hybridized carbons (Fsp3) is 0.320. The standard InChI is InChI=1S/C25H25N5O/c31-25-29-17-9-14-20(29)21-23(28-15-7-8-16-28)26-22(18-10-3-1-4-11-18)27-24(21)30(25)19-12-5-2-6-13-19/h1-6,10-13,20H,7-9,14-17H2. The van der Waals surface area contributed by atoms with Crippen molar-refractivity contribution in [3.63, 3.8) is 0 Å². The minimum absolute atomic E-state index is 0.0197. The predicted molar refractivity (Wildman–Crippen MR) is 122 cm³/mol. The van der Waals surface area contributed by atoms with Gasteiger partial charge in [-0.15, -0.1) is 0 Å². The Bertz CT molecular complexity index is 1110. The third-order valence-electron chi connectivity index (χ3n) is 6.59. The van der Waals surface area contributed by atoms with E-state index in [0.29, 0.717) is 5.82 Å². The van der Waals surface area contributed by atoms with Gasteiger partial charge in [0.1, 0.15) is 5.82 Å². The molecule has 31 heavy (non-hydrogen) atoms. The Morgan fingerprint density at radius 3 is 2.19 bits per heavy atom. The topological polar surface area (TPSA) is 52.6 Å². The van der Waals surface area contributed by atoms with Crippen LogP contribution in [0.5, 0.6) is 0 Å². The molecule has 0 saturated carbocycles. The largest absolute Gasteiger partial charge is 0.356 e. The molecule has 2 aromatic carbocycles. The third-order valence-corrected chi connectivity index (χ3v) is 6.59. The maximum Gasteiger partial charge on any atom is 0.330 e. The van der Waals surface area contributed by atoms with Crippen LogP contribution in [0.1, 0.15) is 37.3 Å². The van der Waals surface area contributed by atoms with Gasteiger partial charge in [0, 0.05) is 25.2 Å². The number of fused-ring (bicyclic) bond motifs is 3. The van der Waals surface area contributed by atoms with Crippen molar-refractivity contribution in [3.8, 4) is 11.4 Å². The number of hydrogen-bond donors (Lipinski definition) is 0. The normalized spacial score (nSPS) is 20.2. The number of carbonyl (C=O) groups excluding carboxylic acids is 1. The van der Waals surface area contributed by atoms with Gasteiger partial charge in [-0.25, -0.2) is 19.7 Å². The zero-order chi connectivity index (χ0) is 20.8. The monoisotopic (exact) mass is 411 g/mol. The van der Waals surface area contributed by atoms with E-state index < -0.39 is 0 Å². The second kappa shape index (κ2) is 7.38. The summed E-state index contributed by atoms with van der Waals surface area (Å²) in [6, 6.07) is 20.0. The zero-order valence-corrected chi connectivity index (χ0v) is 17.4. The number of hydrogen-bond acceptors (Lipinski definition) is 4. The van der Waals surface area contributed by atoms with Gasteiger partial charge in [-0.2, -0.15) is 0 Å². The molecule has 2 fully saturated rings. The number of nitrogens with zero attached hydrogens (tertiary/aromatic N) is 5. The van der Waals surface area contributed by atoms with Crippen molar-refractivity contribution in [2.45, 2.75) is 31.7 Å². The van der Waals surface area contributed by atoms with Crippen molar-refractivity contribution >= 4 is 23.4 Å². The lowest BCUT2D eigenvalue weighted by atomic mass is 10.0. The molecule has 1 unspecified atom stereocenters. The second-order valence-electron chi connectivity index (χ2n) is 8.47. The number of urea groups is 1.